The van der Waals surface area contributed by atoms with Gasteiger partial charge < -0.3 is 9.47 Å². The average Bonchev–Trinajstić information content (AvgIpc) is 2.53. The van der Waals surface area contributed by atoms with Crippen LogP contribution in [0.4, 0.5) is 0 Å². The fourth-order valence-corrected chi connectivity index (χ4v) is 2.03. The average molecular weight is 298 g/mol. The van der Waals surface area contributed by atoms with E-state index < -0.39 is 0 Å². The lowest BCUT2D eigenvalue weighted by Crippen LogP contribution is -2.09. The predicted molar refractivity (Wildman–Crippen MR) is 87.3 cm³/mol. The van der Waals surface area contributed by atoms with Crippen LogP contribution in [0.3, 0.4) is 0 Å². The molecule has 3 nitrogen and oxygen atoms in total. The summed E-state index contributed by atoms with van der Waals surface area (Å²) in [5.41, 5.74) is 1.29. The Morgan fingerprint density at radius 1 is 0.955 bits per heavy atom. The highest BCUT2D eigenvalue weighted by atomic mass is 16.5. The molecular weight excluding hydrogens is 276 g/mol. The van der Waals surface area contributed by atoms with Crippen molar-refractivity contribution < 1.29 is 14.3 Å². The largest absolute Gasteiger partial charge is 0.494 e. The van der Waals surface area contributed by atoms with Crippen molar-refractivity contribution in [1.82, 2.24) is 0 Å². The van der Waals surface area contributed by atoms with E-state index in [1.807, 2.05) is 30.3 Å². The Labute approximate surface area is 131 Å². The van der Waals surface area contributed by atoms with Gasteiger partial charge in [0.2, 0.25) is 0 Å². The van der Waals surface area contributed by atoms with Gasteiger partial charge in [0.05, 0.1) is 6.61 Å². The van der Waals surface area contributed by atoms with E-state index in [4.69, 9.17) is 9.47 Å². The molecule has 0 aromatic heterocycles. The van der Waals surface area contributed by atoms with E-state index in [9.17, 15) is 4.79 Å². The van der Waals surface area contributed by atoms with Crippen LogP contribution in [0.2, 0.25) is 0 Å². The van der Waals surface area contributed by atoms with E-state index in [1.54, 1.807) is 12.1 Å². The summed E-state index contributed by atoms with van der Waals surface area (Å²) in [5.74, 6) is 1.70. The second-order valence-corrected chi connectivity index (χ2v) is 5.46. The van der Waals surface area contributed by atoms with Crippen molar-refractivity contribution in [1.29, 1.82) is 0 Å². The normalized spacial score (nSPS) is 10.5. The summed E-state index contributed by atoms with van der Waals surface area (Å²) < 4.78 is 10.8. The second-order valence-electron chi connectivity index (χ2n) is 5.46. The molecule has 2 aromatic rings. The van der Waals surface area contributed by atoms with E-state index in [0.717, 1.165) is 5.75 Å². The van der Waals surface area contributed by atoms with Crippen molar-refractivity contribution in [3.63, 3.8) is 0 Å². The van der Waals surface area contributed by atoms with E-state index in [1.165, 1.54) is 5.56 Å². The number of rotatable bonds is 7. The summed E-state index contributed by atoms with van der Waals surface area (Å²) in [4.78, 5) is 11.7. The molecule has 0 unspecified atom stereocenters. The van der Waals surface area contributed by atoms with Crippen molar-refractivity contribution in [2.24, 2.45) is 0 Å². The number of para-hydroxylation sites is 1. The zero-order chi connectivity index (χ0) is 15.8. The lowest BCUT2D eigenvalue weighted by molar-refractivity contribution is -0.134. The molecule has 0 aliphatic carbocycles. The number of esters is 1. The smallest absolute Gasteiger partial charge is 0.311 e. The van der Waals surface area contributed by atoms with Crippen LogP contribution in [0.25, 0.3) is 0 Å². The minimum absolute atomic E-state index is 0.232. The molecule has 2 aromatic carbocycles. The maximum absolute atomic E-state index is 11.7. The first-order valence-corrected chi connectivity index (χ1v) is 7.63. The number of carbonyl (C=O) groups is 1. The molecule has 0 radical (unpaired) electrons. The van der Waals surface area contributed by atoms with Gasteiger partial charge >= 0.3 is 5.97 Å². The van der Waals surface area contributed by atoms with Gasteiger partial charge in [-0.05, 0) is 42.2 Å². The topological polar surface area (TPSA) is 35.5 Å². The van der Waals surface area contributed by atoms with Gasteiger partial charge in [-0.2, -0.15) is 0 Å². The van der Waals surface area contributed by atoms with Crippen LogP contribution in [-0.2, 0) is 4.79 Å². The highest BCUT2D eigenvalue weighted by Gasteiger charge is 2.05. The highest BCUT2D eigenvalue weighted by Crippen LogP contribution is 2.18. The van der Waals surface area contributed by atoms with Crippen LogP contribution < -0.4 is 9.47 Å². The van der Waals surface area contributed by atoms with E-state index in [0.29, 0.717) is 31.1 Å². The standard InChI is InChI=1S/C19H22O3/c1-15(2)16-10-12-17(13-11-16)21-14-6-9-19(20)22-18-7-4-3-5-8-18/h3-5,7-8,10-13,15H,6,9,14H2,1-2H3. The van der Waals surface area contributed by atoms with Gasteiger partial charge in [-0.1, -0.05) is 44.2 Å². The number of ether oxygens (including phenoxy) is 2. The Bertz CT molecular complexity index is 573. The molecule has 0 saturated heterocycles. The van der Waals surface area contributed by atoms with Gasteiger partial charge in [-0.3, -0.25) is 4.79 Å². The van der Waals surface area contributed by atoms with Crippen molar-refractivity contribution >= 4 is 5.97 Å². The third kappa shape index (κ3) is 5.24. The van der Waals surface area contributed by atoms with E-state index >= 15 is 0 Å². The Hall–Kier alpha value is -2.29. The van der Waals surface area contributed by atoms with Gasteiger partial charge in [0.15, 0.2) is 0 Å². The molecule has 22 heavy (non-hydrogen) atoms. The third-order valence-corrected chi connectivity index (χ3v) is 3.32. The van der Waals surface area contributed by atoms with Crippen LogP contribution in [-0.4, -0.2) is 12.6 Å². The predicted octanol–water partition coefficient (Wildman–Crippen LogP) is 4.57. The zero-order valence-corrected chi connectivity index (χ0v) is 13.1. The van der Waals surface area contributed by atoms with Gasteiger partial charge in [-0.25, -0.2) is 0 Å². The summed E-state index contributed by atoms with van der Waals surface area (Å²) in [7, 11) is 0. The number of hydrogen-bond acceptors (Lipinski definition) is 3. The van der Waals surface area contributed by atoms with E-state index in [-0.39, 0.29) is 5.97 Å². The van der Waals surface area contributed by atoms with Crippen molar-refractivity contribution in [3.05, 3.63) is 60.2 Å². The number of benzene rings is 2. The van der Waals surface area contributed by atoms with Gasteiger partial charge in [0, 0.05) is 6.42 Å². The molecule has 0 saturated carbocycles. The van der Waals surface area contributed by atoms with Gasteiger partial charge in [-0.15, -0.1) is 0 Å². The lowest BCUT2D eigenvalue weighted by Gasteiger charge is -2.09. The lowest BCUT2D eigenvalue weighted by atomic mass is 10.0. The monoisotopic (exact) mass is 298 g/mol. The van der Waals surface area contributed by atoms with Crippen LogP contribution in [0.5, 0.6) is 11.5 Å². The summed E-state index contributed by atoms with van der Waals surface area (Å²) in [6.45, 7) is 4.83. The third-order valence-electron chi connectivity index (χ3n) is 3.32. The van der Waals surface area contributed by atoms with Crippen molar-refractivity contribution in [2.45, 2.75) is 32.6 Å². The number of hydrogen-bond donors (Lipinski definition) is 0. The Morgan fingerprint density at radius 3 is 2.27 bits per heavy atom. The Kier molecular flexibility index (Phi) is 6.01. The molecule has 0 aliphatic rings. The van der Waals surface area contributed by atoms with Crippen LogP contribution in [0.1, 0.15) is 38.2 Å². The molecule has 3 heteroatoms. The van der Waals surface area contributed by atoms with Gasteiger partial charge in [0.1, 0.15) is 11.5 Å². The molecule has 0 fully saturated rings. The molecule has 0 N–H and O–H groups in total. The fourth-order valence-electron chi connectivity index (χ4n) is 2.03. The summed E-state index contributed by atoms with van der Waals surface area (Å²) >= 11 is 0. The minimum Gasteiger partial charge on any atom is -0.494 e. The van der Waals surface area contributed by atoms with Gasteiger partial charge in [0.25, 0.3) is 0 Å². The second kappa shape index (κ2) is 8.23. The minimum atomic E-state index is -0.232. The number of carbonyl (C=O) groups excluding carboxylic acids is 1. The highest BCUT2D eigenvalue weighted by molar-refractivity contribution is 5.72. The summed E-state index contributed by atoms with van der Waals surface area (Å²) in [5, 5.41) is 0. The molecule has 0 aliphatic heterocycles. The Morgan fingerprint density at radius 2 is 1.64 bits per heavy atom. The SMILES string of the molecule is CC(C)c1ccc(OCCCC(=O)Oc2ccccc2)cc1. The molecule has 0 atom stereocenters. The Balaban J connectivity index is 1.67. The quantitative estimate of drug-likeness (QED) is 0.426. The first kappa shape index (κ1) is 16.1. The zero-order valence-electron chi connectivity index (χ0n) is 13.1. The first-order valence-electron chi connectivity index (χ1n) is 7.63. The molecule has 2 rings (SSSR count). The van der Waals surface area contributed by atoms with Crippen molar-refractivity contribution in [3.8, 4) is 11.5 Å². The maximum atomic E-state index is 11.7. The van der Waals surface area contributed by atoms with Crippen molar-refractivity contribution in [2.75, 3.05) is 6.61 Å². The molecule has 0 amide bonds. The molecule has 0 heterocycles. The maximum Gasteiger partial charge on any atom is 0.311 e. The summed E-state index contributed by atoms with van der Waals surface area (Å²) in [6, 6.07) is 17.2. The van der Waals surface area contributed by atoms with E-state index in [2.05, 4.69) is 26.0 Å². The molecular formula is C19H22O3. The molecule has 0 bridgehead atoms. The van der Waals surface area contributed by atoms with Crippen LogP contribution >= 0.6 is 0 Å². The summed E-state index contributed by atoms with van der Waals surface area (Å²) in [6.07, 6.45) is 0.983. The molecule has 116 valence electrons. The first-order chi connectivity index (χ1) is 10.6. The van der Waals surface area contributed by atoms with Crippen LogP contribution in [0, 0.1) is 0 Å². The van der Waals surface area contributed by atoms with Crippen LogP contribution in [0.15, 0.2) is 54.6 Å². The molecule has 0 spiro atoms. The fraction of sp³-hybridized carbons (Fsp3) is 0.316.